The maximum atomic E-state index is 12.8. The first kappa shape index (κ1) is 7.47. The van der Waals surface area contributed by atoms with Crippen molar-refractivity contribution in [2.24, 2.45) is 5.92 Å². The van der Waals surface area contributed by atoms with Gasteiger partial charge in [0.05, 0.1) is 0 Å². The van der Waals surface area contributed by atoms with Crippen LogP contribution < -0.4 is 0 Å². The largest absolute Gasteiger partial charge is 0.247 e. The van der Waals surface area contributed by atoms with Crippen molar-refractivity contribution in [2.75, 3.05) is 0 Å². The van der Waals surface area contributed by atoms with Crippen LogP contribution in [-0.2, 0) is 0 Å². The van der Waals surface area contributed by atoms with Gasteiger partial charge in [0.2, 0.25) is 0 Å². The maximum Gasteiger partial charge on any atom is 0.103 e. The van der Waals surface area contributed by atoms with E-state index in [0.29, 0.717) is 5.66 Å². The molecule has 0 aromatic rings. The lowest BCUT2D eigenvalue weighted by atomic mass is 9.88. The summed E-state index contributed by atoms with van der Waals surface area (Å²) in [6.07, 6.45) is 2.50. The van der Waals surface area contributed by atoms with Crippen molar-refractivity contribution in [3.63, 3.8) is 0 Å². The molecule has 0 amide bonds. The molecule has 1 rings (SSSR count). The van der Waals surface area contributed by atoms with Crippen LogP contribution in [0.5, 0.6) is 0 Å². The Labute approximate surface area is 58.4 Å². The molecule has 0 N–H and O–H groups in total. The quantitative estimate of drug-likeness (QED) is 0.463. The van der Waals surface area contributed by atoms with E-state index in [2.05, 4.69) is 9.24 Å². The molecular weight excluding hydrogens is 134 g/mol. The third-order valence-corrected chi connectivity index (χ3v) is 3.20. The first-order chi connectivity index (χ1) is 4.22. The van der Waals surface area contributed by atoms with Crippen molar-refractivity contribution in [2.45, 2.75) is 38.0 Å². The summed E-state index contributed by atoms with van der Waals surface area (Å²) in [5, 5.41) is 0. The summed E-state index contributed by atoms with van der Waals surface area (Å²) in [5.74, 6) is 0.267. The van der Waals surface area contributed by atoms with Gasteiger partial charge < -0.3 is 0 Å². The second-order valence-electron chi connectivity index (χ2n) is 2.97. The number of halogens is 1. The Hall–Kier alpha value is 0.360. The van der Waals surface area contributed by atoms with Crippen molar-refractivity contribution in [1.29, 1.82) is 0 Å². The molecule has 0 aromatic carbocycles. The van der Waals surface area contributed by atoms with Crippen LogP contribution in [0.3, 0.4) is 0 Å². The molecule has 0 bridgehead atoms. The molecule has 9 heavy (non-hydrogen) atoms. The third-order valence-electron chi connectivity index (χ3n) is 2.26. The number of rotatable bonds is 0. The smallest absolute Gasteiger partial charge is 0.103 e. The van der Waals surface area contributed by atoms with Crippen LogP contribution in [-0.4, -0.2) is 11.8 Å². The van der Waals surface area contributed by atoms with Gasteiger partial charge in [0.15, 0.2) is 0 Å². The van der Waals surface area contributed by atoms with E-state index in [4.69, 9.17) is 0 Å². The van der Waals surface area contributed by atoms with Crippen molar-refractivity contribution in [3.8, 4) is 0 Å². The second-order valence-corrected chi connectivity index (χ2v) is 3.83. The van der Waals surface area contributed by atoms with Gasteiger partial charge in [-0.05, 0) is 30.8 Å². The molecule has 0 saturated heterocycles. The summed E-state index contributed by atoms with van der Waals surface area (Å²) < 4.78 is 12.8. The summed E-state index contributed by atoms with van der Waals surface area (Å²) >= 11 is 0. The zero-order valence-electron chi connectivity index (χ0n) is 5.81. The second kappa shape index (κ2) is 2.96. The lowest BCUT2D eigenvalue weighted by Crippen LogP contribution is -2.26. The molecule has 1 aliphatic rings. The number of alkyl halides is 1. The van der Waals surface area contributed by atoms with Crippen LogP contribution in [0, 0.1) is 5.92 Å². The minimum atomic E-state index is -0.541. The summed E-state index contributed by atoms with van der Waals surface area (Å²) in [7, 11) is 2.73. The number of hydrogen-bond donors (Lipinski definition) is 0. The molecule has 0 spiro atoms. The Bertz CT molecular complexity index is 84.9. The van der Waals surface area contributed by atoms with Crippen molar-refractivity contribution in [1.82, 2.24) is 0 Å². The molecule has 0 nitrogen and oxygen atoms in total. The highest BCUT2D eigenvalue weighted by Crippen LogP contribution is 2.31. The molecule has 1 fully saturated rings. The summed E-state index contributed by atoms with van der Waals surface area (Å²) in [4.78, 5) is 0. The van der Waals surface area contributed by atoms with Gasteiger partial charge in [-0.1, -0.05) is 6.92 Å². The van der Waals surface area contributed by atoms with E-state index in [1.807, 2.05) is 6.92 Å². The first-order valence-electron chi connectivity index (χ1n) is 3.61. The van der Waals surface area contributed by atoms with E-state index in [9.17, 15) is 4.39 Å². The Morgan fingerprint density at radius 1 is 1.44 bits per heavy atom. The fourth-order valence-corrected chi connectivity index (χ4v) is 1.82. The summed E-state index contributed by atoms with van der Waals surface area (Å²) in [6, 6.07) is 0. The Balaban J connectivity index is 2.41. The van der Waals surface area contributed by atoms with Crippen molar-refractivity contribution < 1.29 is 4.39 Å². The van der Waals surface area contributed by atoms with E-state index in [0.717, 1.165) is 12.8 Å². The molecule has 2 heteroatoms. The minimum absolute atomic E-state index is 0.267. The van der Waals surface area contributed by atoms with Crippen molar-refractivity contribution in [3.05, 3.63) is 0 Å². The number of hydrogen-bond acceptors (Lipinski definition) is 0. The fraction of sp³-hybridized carbons (Fsp3) is 1.00. The summed E-state index contributed by atoms with van der Waals surface area (Å²) in [5.41, 5.74) is 0.522. The van der Waals surface area contributed by atoms with Crippen LogP contribution in [0.1, 0.15) is 26.2 Å². The molecule has 54 valence electrons. The lowest BCUT2D eigenvalue weighted by molar-refractivity contribution is 0.185. The van der Waals surface area contributed by atoms with Gasteiger partial charge in [-0.15, -0.1) is 9.24 Å². The Kier molecular flexibility index (Phi) is 2.46. The molecule has 4 atom stereocenters. The maximum absolute atomic E-state index is 12.8. The van der Waals surface area contributed by atoms with Crippen LogP contribution in [0.4, 0.5) is 4.39 Å². The van der Waals surface area contributed by atoms with Gasteiger partial charge in [-0.2, -0.15) is 0 Å². The lowest BCUT2D eigenvalue weighted by Gasteiger charge is -2.28. The third kappa shape index (κ3) is 1.64. The van der Waals surface area contributed by atoms with E-state index >= 15 is 0 Å². The van der Waals surface area contributed by atoms with Crippen LogP contribution in [0.25, 0.3) is 0 Å². The molecular formula is C7H14FP. The van der Waals surface area contributed by atoms with Gasteiger partial charge >= 0.3 is 0 Å². The Morgan fingerprint density at radius 2 is 2.11 bits per heavy atom. The normalized spacial score (nSPS) is 45.0. The molecule has 4 unspecified atom stereocenters. The monoisotopic (exact) mass is 148 g/mol. The highest BCUT2D eigenvalue weighted by molar-refractivity contribution is 7.17. The SMILES string of the molecule is CC1C(F)CCCC1P. The standard InChI is InChI=1S/C7H14FP/c1-5-6(8)3-2-4-7(5)9/h5-7H,2-4,9H2,1H3. The van der Waals surface area contributed by atoms with Gasteiger partial charge in [0.1, 0.15) is 6.17 Å². The van der Waals surface area contributed by atoms with Crippen LogP contribution >= 0.6 is 9.24 Å². The average Bonchev–Trinajstić information content (AvgIpc) is 1.83. The van der Waals surface area contributed by atoms with E-state index in [1.165, 1.54) is 6.42 Å². The summed E-state index contributed by atoms with van der Waals surface area (Å²) in [6.45, 7) is 2.00. The molecule has 0 aliphatic heterocycles. The highest BCUT2D eigenvalue weighted by atomic mass is 31.0. The molecule has 1 saturated carbocycles. The zero-order valence-corrected chi connectivity index (χ0v) is 6.96. The first-order valence-corrected chi connectivity index (χ1v) is 4.28. The Morgan fingerprint density at radius 3 is 2.56 bits per heavy atom. The predicted molar refractivity (Wildman–Crippen MR) is 41.4 cm³/mol. The molecule has 0 radical (unpaired) electrons. The van der Waals surface area contributed by atoms with Gasteiger partial charge in [0.25, 0.3) is 0 Å². The van der Waals surface area contributed by atoms with Crippen molar-refractivity contribution >= 4 is 9.24 Å². The topological polar surface area (TPSA) is 0 Å². The highest BCUT2D eigenvalue weighted by Gasteiger charge is 2.26. The van der Waals surface area contributed by atoms with Gasteiger partial charge in [0, 0.05) is 0 Å². The zero-order chi connectivity index (χ0) is 6.85. The van der Waals surface area contributed by atoms with Crippen LogP contribution in [0.2, 0.25) is 0 Å². The van der Waals surface area contributed by atoms with E-state index in [-0.39, 0.29) is 5.92 Å². The van der Waals surface area contributed by atoms with Gasteiger partial charge in [-0.3, -0.25) is 0 Å². The van der Waals surface area contributed by atoms with Gasteiger partial charge in [-0.25, -0.2) is 4.39 Å². The predicted octanol–water partition coefficient (Wildman–Crippen LogP) is 2.39. The average molecular weight is 148 g/mol. The fourth-order valence-electron chi connectivity index (χ4n) is 1.34. The molecule has 1 aliphatic carbocycles. The van der Waals surface area contributed by atoms with Crippen LogP contribution in [0.15, 0.2) is 0 Å². The molecule has 0 aromatic heterocycles. The van der Waals surface area contributed by atoms with E-state index in [1.54, 1.807) is 0 Å². The van der Waals surface area contributed by atoms with E-state index < -0.39 is 6.17 Å². The molecule has 0 heterocycles. The minimum Gasteiger partial charge on any atom is -0.247 e.